The van der Waals surface area contributed by atoms with E-state index in [1.54, 1.807) is 0 Å². The molecule has 1 rings (SSSR count). The van der Waals surface area contributed by atoms with E-state index in [9.17, 15) is 9.59 Å². The zero-order valence-electron chi connectivity index (χ0n) is 12.7. The summed E-state index contributed by atoms with van der Waals surface area (Å²) in [7, 11) is 0. The molecule has 0 saturated heterocycles. The van der Waals surface area contributed by atoms with Crippen molar-refractivity contribution in [1.29, 1.82) is 0 Å². The van der Waals surface area contributed by atoms with Gasteiger partial charge in [0.1, 0.15) is 0 Å². The third kappa shape index (κ3) is 6.89. The monoisotopic (exact) mass is 284 g/mol. The predicted molar refractivity (Wildman–Crippen MR) is 78.6 cm³/mol. The largest absolute Gasteiger partial charge is 0.481 e. The lowest BCUT2D eigenvalue weighted by molar-refractivity contribution is -0.138. The smallest absolute Gasteiger partial charge is 0.304 e. The summed E-state index contributed by atoms with van der Waals surface area (Å²) in [5.74, 6) is -0.796. The first kappa shape index (κ1) is 17.0. The second-order valence-corrected chi connectivity index (χ2v) is 5.96. The van der Waals surface area contributed by atoms with Crippen molar-refractivity contribution in [2.75, 3.05) is 13.1 Å². The fourth-order valence-corrected chi connectivity index (χ4v) is 2.64. The molecule has 20 heavy (non-hydrogen) atoms. The molecule has 0 atom stereocenters. The van der Waals surface area contributed by atoms with Gasteiger partial charge in [0.05, 0.1) is 13.0 Å². The number of amides is 1. The number of nitrogens with zero attached hydrogens (tertiary/aromatic N) is 1. The molecule has 0 aromatic rings. The van der Waals surface area contributed by atoms with Crippen LogP contribution in [0.4, 0.5) is 0 Å². The Morgan fingerprint density at radius 3 is 2.30 bits per heavy atom. The maximum Gasteiger partial charge on any atom is 0.304 e. The number of hydrogen-bond acceptors (Lipinski definition) is 3. The molecular formula is C15H28N2O3. The van der Waals surface area contributed by atoms with Gasteiger partial charge in [-0.2, -0.15) is 0 Å². The van der Waals surface area contributed by atoms with E-state index < -0.39 is 5.97 Å². The van der Waals surface area contributed by atoms with Crippen molar-refractivity contribution in [3.05, 3.63) is 0 Å². The van der Waals surface area contributed by atoms with E-state index in [0.717, 1.165) is 12.8 Å². The Hall–Kier alpha value is -1.10. The van der Waals surface area contributed by atoms with Crippen molar-refractivity contribution < 1.29 is 14.7 Å². The third-order valence-corrected chi connectivity index (χ3v) is 3.91. The van der Waals surface area contributed by atoms with Gasteiger partial charge in [-0.25, -0.2) is 0 Å². The van der Waals surface area contributed by atoms with E-state index in [1.165, 1.54) is 25.7 Å². The van der Waals surface area contributed by atoms with Crippen LogP contribution in [-0.4, -0.2) is 47.1 Å². The van der Waals surface area contributed by atoms with Crippen LogP contribution in [0, 0.1) is 0 Å². The van der Waals surface area contributed by atoms with Crippen LogP contribution in [0.5, 0.6) is 0 Å². The first-order valence-corrected chi connectivity index (χ1v) is 7.74. The normalized spacial score (nSPS) is 17.2. The second kappa shape index (κ2) is 8.95. The van der Waals surface area contributed by atoms with Gasteiger partial charge in [-0.1, -0.05) is 25.7 Å². The highest BCUT2D eigenvalue weighted by Gasteiger charge is 2.18. The van der Waals surface area contributed by atoms with Crippen molar-refractivity contribution in [3.8, 4) is 0 Å². The van der Waals surface area contributed by atoms with Crippen molar-refractivity contribution in [2.45, 2.75) is 70.9 Å². The number of rotatable bonds is 7. The highest BCUT2D eigenvalue weighted by Crippen LogP contribution is 2.17. The maximum absolute atomic E-state index is 12.1. The van der Waals surface area contributed by atoms with Gasteiger partial charge in [-0.15, -0.1) is 0 Å². The molecule has 5 heteroatoms. The van der Waals surface area contributed by atoms with E-state index in [2.05, 4.69) is 5.32 Å². The van der Waals surface area contributed by atoms with Gasteiger partial charge in [0.25, 0.3) is 0 Å². The Bertz CT molecular complexity index is 310. The Morgan fingerprint density at radius 1 is 1.20 bits per heavy atom. The topological polar surface area (TPSA) is 69.6 Å². The van der Waals surface area contributed by atoms with E-state index >= 15 is 0 Å². The standard InChI is InChI=1S/C15H28N2O3/c1-12(2)17(10-9-15(19)20)11-14(18)16-13-7-5-3-4-6-8-13/h12-13H,3-11H2,1-2H3,(H,16,18)(H,19,20). The summed E-state index contributed by atoms with van der Waals surface area (Å²) in [5.41, 5.74) is 0. The van der Waals surface area contributed by atoms with Gasteiger partial charge in [-0.05, 0) is 26.7 Å². The Kier molecular flexibility index (Phi) is 7.59. The molecule has 0 bridgehead atoms. The molecule has 0 aromatic heterocycles. The number of carboxylic acids is 1. The van der Waals surface area contributed by atoms with E-state index in [1.807, 2.05) is 18.7 Å². The van der Waals surface area contributed by atoms with Crippen LogP contribution in [0.2, 0.25) is 0 Å². The number of carbonyl (C=O) groups is 2. The fourth-order valence-electron chi connectivity index (χ4n) is 2.64. The number of carboxylic acid groups (broad SMARTS) is 1. The summed E-state index contributed by atoms with van der Waals surface area (Å²) < 4.78 is 0. The minimum absolute atomic E-state index is 0.0241. The molecule has 116 valence electrons. The average molecular weight is 284 g/mol. The quantitative estimate of drug-likeness (QED) is 0.702. The van der Waals surface area contributed by atoms with Crippen molar-refractivity contribution in [1.82, 2.24) is 10.2 Å². The van der Waals surface area contributed by atoms with Crippen LogP contribution in [-0.2, 0) is 9.59 Å². The number of hydrogen-bond donors (Lipinski definition) is 2. The van der Waals surface area contributed by atoms with Gasteiger partial charge in [0, 0.05) is 18.6 Å². The van der Waals surface area contributed by atoms with Gasteiger partial charge in [-0.3, -0.25) is 14.5 Å². The lowest BCUT2D eigenvalue weighted by atomic mass is 10.1. The van der Waals surface area contributed by atoms with E-state index in [4.69, 9.17) is 5.11 Å². The molecule has 0 radical (unpaired) electrons. The summed E-state index contributed by atoms with van der Waals surface area (Å²) in [6.07, 6.45) is 7.14. The molecule has 0 aliphatic heterocycles. The zero-order valence-corrected chi connectivity index (χ0v) is 12.7. The zero-order chi connectivity index (χ0) is 15.0. The molecule has 0 aromatic carbocycles. The Balaban J connectivity index is 2.38. The van der Waals surface area contributed by atoms with Crippen LogP contribution in [0.3, 0.4) is 0 Å². The van der Waals surface area contributed by atoms with Crippen LogP contribution >= 0.6 is 0 Å². The molecule has 0 unspecified atom stereocenters. The summed E-state index contributed by atoms with van der Waals surface area (Å²) in [6, 6.07) is 0.479. The summed E-state index contributed by atoms with van der Waals surface area (Å²) in [5, 5.41) is 11.8. The molecule has 1 aliphatic rings. The van der Waals surface area contributed by atoms with Crippen LogP contribution in [0.25, 0.3) is 0 Å². The molecule has 5 nitrogen and oxygen atoms in total. The highest BCUT2D eigenvalue weighted by atomic mass is 16.4. The first-order chi connectivity index (χ1) is 9.49. The van der Waals surface area contributed by atoms with Crippen LogP contribution < -0.4 is 5.32 Å². The van der Waals surface area contributed by atoms with E-state index in [0.29, 0.717) is 19.1 Å². The van der Waals surface area contributed by atoms with Crippen molar-refractivity contribution in [2.24, 2.45) is 0 Å². The van der Waals surface area contributed by atoms with Crippen molar-refractivity contribution in [3.63, 3.8) is 0 Å². The molecule has 1 saturated carbocycles. The molecule has 1 amide bonds. The fraction of sp³-hybridized carbons (Fsp3) is 0.867. The first-order valence-electron chi connectivity index (χ1n) is 7.74. The minimum atomic E-state index is -0.820. The molecular weight excluding hydrogens is 256 g/mol. The highest BCUT2D eigenvalue weighted by molar-refractivity contribution is 5.78. The summed E-state index contributed by atoms with van der Waals surface area (Å²) in [6.45, 7) is 4.69. The molecule has 0 heterocycles. The third-order valence-electron chi connectivity index (χ3n) is 3.91. The second-order valence-electron chi connectivity index (χ2n) is 5.96. The van der Waals surface area contributed by atoms with Gasteiger partial charge in [0.15, 0.2) is 0 Å². The lowest BCUT2D eigenvalue weighted by Gasteiger charge is -2.26. The van der Waals surface area contributed by atoms with Gasteiger partial charge >= 0.3 is 5.97 Å². The van der Waals surface area contributed by atoms with Gasteiger partial charge in [0.2, 0.25) is 5.91 Å². The summed E-state index contributed by atoms with van der Waals surface area (Å²) >= 11 is 0. The maximum atomic E-state index is 12.1. The predicted octanol–water partition coefficient (Wildman–Crippen LogP) is 2.01. The van der Waals surface area contributed by atoms with Gasteiger partial charge < -0.3 is 10.4 Å². The molecule has 1 fully saturated rings. The molecule has 2 N–H and O–H groups in total. The Labute approximate surface area is 121 Å². The number of aliphatic carboxylic acids is 1. The minimum Gasteiger partial charge on any atom is -0.481 e. The molecule has 0 spiro atoms. The van der Waals surface area contributed by atoms with Crippen molar-refractivity contribution >= 4 is 11.9 Å². The van der Waals surface area contributed by atoms with E-state index in [-0.39, 0.29) is 18.4 Å². The Morgan fingerprint density at radius 2 is 1.80 bits per heavy atom. The SMILES string of the molecule is CC(C)N(CCC(=O)O)CC(=O)NC1CCCCCC1. The molecule has 1 aliphatic carbocycles. The van der Waals surface area contributed by atoms with Crippen LogP contribution in [0.1, 0.15) is 58.8 Å². The van der Waals surface area contributed by atoms with Crippen LogP contribution in [0.15, 0.2) is 0 Å². The number of nitrogens with one attached hydrogen (secondary N) is 1. The lowest BCUT2D eigenvalue weighted by Crippen LogP contribution is -2.44. The average Bonchev–Trinajstić information content (AvgIpc) is 2.62. The number of carbonyl (C=O) groups excluding carboxylic acids is 1. The summed E-state index contributed by atoms with van der Waals surface area (Å²) in [4.78, 5) is 24.6.